The van der Waals surface area contributed by atoms with E-state index in [0.717, 1.165) is 22.4 Å². The fourth-order valence-corrected chi connectivity index (χ4v) is 2.60. The summed E-state index contributed by atoms with van der Waals surface area (Å²) in [6.45, 7) is 8.20. The zero-order chi connectivity index (χ0) is 20.1. The SMILES string of the molecule is CCOc1ccc(-c2nonc2NC(=O)[C@@H](C)Oc2ccc(C)c(C)c2)cc1. The highest BCUT2D eigenvalue weighted by atomic mass is 16.6. The Morgan fingerprint density at radius 1 is 1.07 bits per heavy atom. The Morgan fingerprint density at radius 2 is 1.79 bits per heavy atom. The first-order valence-electron chi connectivity index (χ1n) is 9.08. The molecule has 0 aliphatic carbocycles. The van der Waals surface area contributed by atoms with Crippen LogP contribution in [0.25, 0.3) is 11.3 Å². The number of aromatic nitrogens is 2. The molecule has 0 saturated carbocycles. The fraction of sp³-hybridized carbons (Fsp3) is 0.286. The van der Waals surface area contributed by atoms with E-state index in [0.29, 0.717) is 18.1 Å². The highest BCUT2D eigenvalue weighted by Crippen LogP contribution is 2.26. The van der Waals surface area contributed by atoms with Crippen LogP contribution in [0, 0.1) is 13.8 Å². The molecular weight excluding hydrogens is 358 g/mol. The lowest BCUT2D eigenvalue weighted by Crippen LogP contribution is -2.30. The molecule has 2 aromatic carbocycles. The predicted octanol–water partition coefficient (Wildman–Crippen LogP) is 4.16. The van der Waals surface area contributed by atoms with Crippen LogP contribution in [0.15, 0.2) is 47.1 Å². The number of ether oxygens (including phenoxy) is 2. The number of carbonyl (C=O) groups excluding carboxylic acids is 1. The van der Waals surface area contributed by atoms with Crippen molar-refractivity contribution in [1.29, 1.82) is 0 Å². The monoisotopic (exact) mass is 381 g/mol. The molecule has 3 aromatic rings. The van der Waals surface area contributed by atoms with Crippen molar-refractivity contribution in [2.45, 2.75) is 33.8 Å². The molecule has 0 aliphatic rings. The van der Waals surface area contributed by atoms with Crippen LogP contribution in [0.1, 0.15) is 25.0 Å². The lowest BCUT2D eigenvalue weighted by Gasteiger charge is -2.15. The molecule has 0 radical (unpaired) electrons. The maximum atomic E-state index is 12.5. The van der Waals surface area contributed by atoms with E-state index in [4.69, 9.17) is 14.1 Å². The van der Waals surface area contributed by atoms with Crippen LogP contribution in [-0.4, -0.2) is 28.9 Å². The summed E-state index contributed by atoms with van der Waals surface area (Å²) in [6, 6.07) is 13.0. The van der Waals surface area contributed by atoms with Gasteiger partial charge in [-0.15, -0.1) is 0 Å². The molecule has 1 aromatic heterocycles. The summed E-state index contributed by atoms with van der Waals surface area (Å²) >= 11 is 0. The molecule has 7 heteroatoms. The summed E-state index contributed by atoms with van der Waals surface area (Å²) in [4.78, 5) is 12.5. The number of aryl methyl sites for hydroxylation is 2. The molecule has 7 nitrogen and oxygen atoms in total. The number of anilines is 1. The molecular formula is C21H23N3O4. The first-order valence-corrected chi connectivity index (χ1v) is 9.08. The zero-order valence-corrected chi connectivity index (χ0v) is 16.4. The highest BCUT2D eigenvalue weighted by molar-refractivity contribution is 5.96. The Kier molecular flexibility index (Phi) is 5.93. The van der Waals surface area contributed by atoms with E-state index in [2.05, 4.69) is 15.6 Å². The molecule has 1 amide bonds. The minimum atomic E-state index is -0.716. The van der Waals surface area contributed by atoms with Gasteiger partial charge in [-0.2, -0.15) is 0 Å². The second-order valence-electron chi connectivity index (χ2n) is 6.41. The largest absolute Gasteiger partial charge is 0.494 e. The van der Waals surface area contributed by atoms with Gasteiger partial charge in [0, 0.05) is 5.56 Å². The highest BCUT2D eigenvalue weighted by Gasteiger charge is 2.20. The Balaban J connectivity index is 1.69. The maximum Gasteiger partial charge on any atom is 0.266 e. The Morgan fingerprint density at radius 3 is 2.46 bits per heavy atom. The molecule has 0 aliphatic heterocycles. The maximum absolute atomic E-state index is 12.5. The topological polar surface area (TPSA) is 86.5 Å². The van der Waals surface area contributed by atoms with Crippen molar-refractivity contribution in [2.75, 3.05) is 11.9 Å². The van der Waals surface area contributed by atoms with Gasteiger partial charge >= 0.3 is 0 Å². The molecule has 146 valence electrons. The van der Waals surface area contributed by atoms with Gasteiger partial charge in [0.25, 0.3) is 5.91 Å². The summed E-state index contributed by atoms with van der Waals surface area (Å²) in [5.74, 6) is 1.28. The van der Waals surface area contributed by atoms with Crippen LogP contribution >= 0.6 is 0 Å². The normalized spacial score (nSPS) is 11.7. The first-order chi connectivity index (χ1) is 13.5. The number of nitrogens with zero attached hydrogens (tertiary/aromatic N) is 2. The predicted molar refractivity (Wildman–Crippen MR) is 106 cm³/mol. The number of carbonyl (C=O) groups is 1. The minimum Gasteiger partial charge on any atom is -0.494 e. The average molecular weight is 381 g/mol. The van der Waals surface area contributed by atoms with E-state index < -0.39 is 6.10 Å². The number of hydrogen-bond donors (Lipinski definition) is 1. The van der Waals surface area contributed by atoms with E-state index in [9.17, 15) is 4.79 Å². The van der Waals surface area contributed by atoms with E-state index >= 15 is 0 Å². The molecule has 1 N–H and O–H groups in total. The van der Waals surface area contributed by atoms with Crippen LogP contribution < -0.4 is 14.8 Å². The van der Waals surface area contributed by atoms with Crippen molar-refractivity contribution in [3.05, 3.63) is 53.6 Å². The fourth-order valence-electron chi connectivity index (χ4n) is 2.60. The second-order valence-corrected chi connectivity index (χ2v) is 6.41. The first kappa shape index (κ1) is 19.4. The van der Waals surface area contributed by atoms with Gasteiger partial charge in [0.1, 0.15) is 11.5 Å². The zero-order valence-electron chi connectivity index (χ0n) is 16.4. The Hall–Kier alpha value is -3.35. The Labute approximate surface area is 163 Å². The van der Waals surface area contributed by atoms with E-state index in [1.165, 1.54) is 0 Å². The number of hydrogen-bond acceptors (Lipinski definition) is 6. The van der Waals surface area contributed by atoms with Gasteiger partial charge in [0.05, 0.1) is 6.61 Å². The molecule has 3 rings (SSSR count). The summed E-state index contributed by atoms with van der Waals surface area (Å²) < 4.78 is 16.0. The molecule has 0 fully saturated rings. The quantitative estimate of drug-likeness (QED) is 0.661. The van der Waals surface area contributed by atoms with Gasteiger partial charge in [-0.25, -0.2) is 4.63 Å². The van der Waals surface area contributed by atoms with Crippen molar-refractivity contribution >= 4 is 11.7 Å². The third-order valence-corrected chi connectivity index (χ3v) is 4.33. The van der Waals surface area contributed by atoms with Crippen LogP contribution in [0.5, 0.6) is 11.5 Å². The van der Waals surface area contributed by atoms with Gasteiger partial charge < -0.3 is 14.8 Å². The van der Waals surface area contributed by atoms with Crippen molar-refractivity contribution in [1.82, 2.24) is 10.3 Å². The van der Waals surface area contributed by atoms with Gasteiger partial charge in [0.15, 0.2) is 11.8 Å². The van der Waals surface area contributed by atoms with Crippen molar-refractivity contribution < 1.29 is 18.9 Å². The van der Waals surface area contributed by atoms with Gasteiger partial charge in [-0.05, 0) is 85.5 Å². The molecule has 0 spiro atoms. The summed E-state index contributed by atoms with van der Waals surface area (Å²) in [7, 11) is 0. The third kappa shape index (κ3) is 4.49. The molecule has 0 unspecified atom stereocenters. The van der Waals surface area contributed by atoms with Crippen molar-refractivity contribution in [3.63, 3.8) is 0 Å². The van der Waals surface area contributed by atoms with Gasteiger partial charge in [0.2, 0.25) is 5.82 Å². The van der Waals surface area contributed by atoms with Crippen molar-refractivity contribution in [2.24, 2.45) is 0 Å². The second kappa shape index (κ2) is 8.56. The number of rotatable bonds is 7. The van der Waals surface area contributed by atoms with E-state index in [1.54, 1.807) is 6.92 Å². The molecule has 1 heterocycles. The van der Waals surface area contributed by atoms with E-state index in [-0.39, 0.29) is 11.7 Å². The van der Waals surface area contributed by atoms with Crippen LogP contribution in [0.3, 0.4) is 0 Å². The van der Waals surface area contributed by atoms with Gasteiger partial charge in [-0.3, -0.25) is 4.79 Å². The van der Waals surface area contributed by atoms with Crippen LogP contribution in [-0.2, 0) is 4.79 Å². The lowest BCUT2D eigenvalue weighted by atomic mass is 10.1. The number of benzene rings is 2. The van der Waals surface area contributed by atoms with Crippen molar-refractivity contribution in [3.8, 4) is 22.8 Å². The lowest BCUT2D eigenvalue weighted by molar-refractivity contribution is -0.122. The van der Waals surface area contributed by atoms with Crippen LogP contribution in [0.4, 0.5) is 5.82 Å². The molecule has 1 atom stereocenters. The molecule has 28 heavy (non-hydrogen) atoms. The minimum absolute atomic E-state index is 0.240. The third-order valence-electron chi connectivity index (χ3n) is 4.33. The summed E-state index contributed by atoms with van der Waals surface area (Å²) in [5.41, 5.74) is 3.46. The average Bonchev–Trinajstić information content (AvgIpc) is 3.13. The standard InChI is InChI=1S/C21H23N3O4/c1-5-26-17-10-7-16(8-11-17)19-20(24-28-23-19)22-21(25)15(4)27-18-9-6-13(2)14(3)12-18/h6-12,15H,5H2,1-4H3,(H,22,24,25)/t15-/m1/s1. The number of nitrogens with one attached hydrogen (secondary N) is 1. The Bertz CT molecular complexity index is 951. The number of amides is 1. The van der Waals surface area contributed by atoms with E-state index in [1.807, 2.05) is 63.2 Å². The summed E-state index contributed by atoms with van der Waals surface area (Å²) in [5, 5.41) is 10.4. The van der Waals surface area contributed by atoms with Crippen LogP contribution in [0.2, 0.25) is 0 Å². The molecule has 0 bridgehead atoms. The summed E-state index contributed by atoms with van der Waals surface area (Å²) in [6.07, 6.45) is -0.716. The smallest absolute Gasteiger partial charge is 0.266 e. The molecule has 0 saturated heterocycles. The van der Waals surface area contributed by atoms with Gasteiger partial charge in [-0.1, -0.05) is 6.07 Å².